The van der Waals surface area contributed by atoms with Crippen LogP contribution in [0.5, 0.6) is 0 Å². The van der Waals surface area contributed by atoms with Gasteiger partial charge in [-0.05, 0) is 31.4 Å². The average molecular weight is 362 g/mol. The lowest BCUT2D eigenvalue weighted by atomic mass is 9.95. The Morgan fingerprint density at radius 3 is 2.38 bits per heavy atom. The molecule has 0 unspecified atom stereocenters. The van der Waals surface area contributed by atoms with Crippen LogP contribution in [0.1, 0.15) is 46.1 Å². The Bertz CT molecular complexity index is 647. The predicted molar refractivity (Wildman–Crippen MR) is 104 cm³/mol. The summed E-state index contributed by atoms with van der Waals surface area (Å²) in [6, 6.07) is 6.97. The summed E-state index contributed by atoms with van der Waals surface area (Å²) in [7, 11) is 0. The lowest BCUT2D eigenvalue weighted by molar-refractivity contribution is -0.128. The van der Waals surface area contributed by atoms with Gasteiger partial charge in [-0.25, -0.2) is 4.39 Å². The van der Waals surface area contributed by atoms with Crippen molar-refractivity contribution >= 4 is 11.9 Å². The van der Waals surface area contributed by atoms with E-state index in [1.165, 1.54) is 6.07 Å². The topological polar surface area (TPSA) is 65.5 Å². The second-order valence-corrected chi connectivity index (χ2v) is 7.89. The maximum absolute atomic E-state index is 14.1. The number of carbonyl (C=O) groups excluding carboxylic acids is 1. The number of rotatable bonds is 7. The molecule has 6 heteroatoms. The molecule has 0 heterocycles. The quantitative estimate of drug-likeness (QED) is 0.397. The van der Waals surface area contributed by atoms with Gasteiger partial charge >= 0.3 is 0 Å². The van der Waals surface area contributed by atoms with Crippen molar-refractivity contribution < 1.29 is 9.18 Å². The fourth-order valence-corrected chi connectivity index (χ4v) is 2.75. The first-order valence-corrected chi connectivity index (χ1v) is 9.34. The van der Waals surface area contributed by atoms with E-state index in [2.05, 4.69) is 20.9 Å². The van der Waals surface area contributed by atoms with Crippen LogP contribution in [0, 0.1) is 11.2 Å². The van der Waals surface area contributed by atoms with Crippen LogP contribution in [0.3, 0.4) is 0 Å². The molecule has 144 valence electrons. The predicted octanol–water partition coefficient (Wildman–Crippen LogP) is 2.57. The molecule has 0 aliphatic heterocycles. The fraction of sp³-hybridized carbons (Fsp3) is 0.600. The molecule has 1 aromatic rings. The maximum Gasteiger partial charge on any atom is 0.225 e. The molecule has 0 radical (unpaired) electrons. The highest BCUT2D eigenvalue weighted by Crippen LogP contribution is 2.49. The van der Waals surface area contributed by atoms with Crippen molar-refractivity contribution in [2.45, 2.75) is 46.0 Å². The third-order valence-electron chi connectivity index (χ3n) is 4.57. The highest BCUT2D eigenvalue weighted by atomic mass is 19.1. The van der Waals surface area contributed by atoms with Gasteiger partial charge in [0.05, 0.1) is 6.54 Å². The zero-order valence-electron chi connectivity index (χ0n) is 16.3. The van der Waals surface area contributed by atoms with Gasteiger partial charge in [0.25, 0.3) is 0 Å². The van der Waals surface area contributed by atoms with Crippen molar-refractivity contribution in [2.24, 2.45) is 10.4 Å². The van der Waals surface area contributed by atoms with Gasteiger partial charge in [0.2, 0.25) is 5.91 Å². The van der Waals surface area contributed by atoms with Crippen LogP contribution in [0.2, 0.25) is 0 Å². The van der Waals surface area contributed by atoms with E-state index in [0.717, 1.165) is 24.9 Å². The molecule has 1 saturated carbocycles. The SMILES string of the molecule is CCNC(=NCC1(c2ccccc2F)CC1)NCCNC(=O)C(C)(C)C. The fourth-order valence-electron chi connectivity index (χ4n) is 2.75. The minimum absolute atomic E-state index is 0.0257. The number of halogens is 1. The van der Waals surface area contributed by atoms with E-state index >= 15 is 0 Å². The summed E-state index contributed by atoms with van der Waals surface area (Å²) < 4.78 is 14.1. The van der Waals surface area contributed by atoms with Crippen molar-refractivity contribution in [3.63, 3.8) is 0 Å². The van der Waals surface area contributed by atoms with Gasteiger partial charge in [-0.3, -0.25) is 9.79 Å². The van der Waals surface area contributed by atoms with Crippen molar-refractivity contribution in [3.05, 3.63) is 35.6 Å². The molecule has 1 fully saturated rings. The van der Waals surface area contributed by atoms with Crippen LogP contribution in [0.4, 0.5) is 4.39 Å². The molecule has 1 aliphatic carbocycles. The summed E-state index contributed by atoms with van der Waals surface area (Å²) in [5.74, 6) is 0.570. The molecule has 1 aromatic carbocycles. The van der Waals surface area contributed by atoms with Crippen LogP contribution < -0.4 is 16.0 Å². The standard InChI is InChI=1S/C20H31FN4O/c1-5-22-18(24-13-12-23-17(26)19(2,3)4)25-14-20(10-11-20)15-8-6-7-9-16(15)21/h6-9H,5,10-14H2,1-4H3,(H,23,26)(H2,22,24,25). The lowest BCUT2D eigenvalue weighted by Gasteiger charge is -2.19. The molecule has 2 rings (SSSR count). The zero-order chi connectivity index (χ0) is 19.2. The number of nitrogens with zero attached hydrogens (tertiary/aromatic N) is 1. The number of hydrogen-bond acceptors (Lipinski definition) is 2. The van der Waals surface area contributed by atoms with Gasteiger partial charge in [0, 0.05) is 30.5 Å². The minimum Gasteiger partial charge on any atom is -0.357 e. The molecule has 0 bridgehead atoms. The number of carbonyl (C=O) groups is 1. The van der Waals surface area contributed by atoms with Crippen LogP contribution >= 0.6 is 0 Å². The van der Waals surface area contributed by atoms with Crippen LogP contribution in [-0.4, -0.2) is 38.0 Å². The Morgan fingerprint density at radius 1 is 1.15 bits per heavy atom. The number of benzene rings is 1. The average Bonchev–Trinajstić information content (AvgIpc) is 3.36. The number of guanidine groups is 1. The summed E-state index contributed by atoms with van der Waals surface area (Å²) in [6.45, 7) is 10.1. The number of nitrogens with one attached hydrogen (secondary N) is 3. The van der Waals surface area contributed by atoms with Crippen molar-refractivity contribution in [1.82, 2.24) is 16.0 Å². The molecule has 0 atom stereocenters. The van der Waals surface area contributed by atoms with Gasteiger partial charge < -0.3 is 16.0 Å². The number of amides is 1. The Morgan fingerprint density at radius 2 is 1.81 bits per heavy atom. The number of hydrogen-bond donors (Lipinski definition) is 3. The summed E-state index contributed by atoms with van der Waals surface area (Å²) in [5, 5.41) is 9.33. The van der Waals surface area contributed by atoms with E-state index in [1.807, 2.05) is 39.8 Å². The smallest absolute Gasteiger partial charge is 0.225 e. The Balaban J connectivity index is 1.89. The minimum atomic E-state index is -0.392. The van der Waals surface area contributed by atoms with Gasteiger partial charge in [-0.2, -0.15) is 0 Å². The van der Waals surface area contributed by atoms with E-state index in [0.29, 0.717) is 25.6 Å². The first-order valence-electron chi connectivity index (χ1n) is 9.34. The van der Waals surface area contributed by atoms with E-state index in [9.17, 15) is 9.18 Å². The molecular formula is C20H31FN4O. The summed E-state index contributed by atoms with van der Waals surface area (Å²) in [6.07, 6.45) is 1.91. The highest BCUT2D eigenvalue weighted by molar-refractivity contribution is 5.82. The number of aliphatic imine (C=N–C) groups is 1. The van der Waals surface area contributed by atoms with Gasteiger partial charge in [-0.15, -0.1) is 0 Å². The Kier molecular flexibility index (Phi) is 6.62. The third-order valence-corrected chi connectivity index (χ3v) is 4.57. The maximum atomic E-state index is 14.1. The van der Waals surface area contributed by atoms with Crippen LogP contribution in [0.25, 0.3) is 0 Å². The second-order valence-electron chi connectivity index (χ2n) is 7.89. The molecule has 5 nitrogen and oxygen atoms in total. The van der Waals surface area contributed by atoms with Gasteiger partial charge in [0.1, 0.15) is 5.82 Å². The van der Waals surface area contributed by atoms with Crippen LogP contribution in [0.15, 0.2) is 29.3 Å². The van der Waals surface area contributed by atoms with Crippen molar-refractivity contribution in [2.75, 3.05) is 26.2 Å². The van der Waals surface area contributed by atoms with E-state index in [-0.39, 0.29) is 17.1 Å². The van der Waals surface area contributed by atoms with Crippen LogP contribution in [-0.2, 0) is 10.2 Å². The lowest BCUT2D eigenvalue weighted by Crippen LogP contribution is -2.43. The Hall–Kier alpha value is -2.11. The molecule has 26 heavy (non-hydrogen) atoms. The van der Waals surface area contributed by atoms with Crippen molar-refractivity contribution in [3.8, 4) is 0 Å². The zero-order valence-corrected chi connectivity index (χ0v) is 16.3. The first kappa shape index (κ1) is 20.2. The highest BCUT2D eigenvalue weighted by Gasteiger charge is 2.45. The largest absolute Gasteiger partial charge is 0.357 e. The van der Waals surface area contributed by atoms with E-state index < -0.39 is 5.41 Å². The molecule has 0 spiro atoms. The van der Waals surface area contributed by atoms with Gasteiger partial charge in [-0.1, -0.05) is 39.0 Å². The third kappa shape index (κ3) is 5.44. The molecular weight excluding hydrogens is 331 g/mol. The Labute approximate surface area is 155 Å². The monoisotopic (exact) mass is 362 g/mol. The molecule has 3 N–H and O–H groups in total. The van der Waals surface area contributed by atoms with Gasteiger partial charge in [0.15, 0.2) is 5.96 Å². The summed E-state index contributed by atoms with van der Waals surface area (Å²) in [4.78, 5) is 16.5. The van der Waals surface area contributed by atoms with E-state index in [1.54, 1.807) is 6.07 Å². The summed E-state index contributed by atoms with van der Waals surface area (Å²) in [5.41, 5.74) is 0.197. The molecule has 1 aliphatic rings. The van der Waals surface area contributed by atoms with Crippen molar-refractivity contribution in [1.29, 1.82) is 0 Å². The molecule has 0 aromatic heterocycles. The first-order chi connectivity index (χ1) is 12.3. The second kappa shape index (κ2) is 8.52. The normalized spacial score (nSPS) is 16.1. The molecule has 1 amide bonds. The summed E-state index contributed by atoms with van der Waals surface area (Å²) >= 11 is 0. The van der Waals surface area contributed by atoms with E-state index in [4.69, 9.17) is 0 Å². The molecule has 0 saturated heterocycles.